The van der Waals surface area contributed by atoms with Gasteiger partial charge in [0.1, 0.15) is 0 Å². The lowest BCUT2D eigenvalue weighted by atomic mass is 9.99. The molecule has 0 saturated carbocycles. The highest BCUT2D eigenvalue weighted by Crippen LogP contribution is 2.22. The molecule has 0 spiro atoms. The van der Waals surface area contributed by atoms with Crippen LogP contribution in [0.3, 0.4) is 0 Å². The number of ether oxygens (including phenoxy) is 1. The molecule has 0 atom stereocenters. The van der Waals surface area contributed by atoms with Crippen LogP contribution in [0.5, 0.6) is 0 Å². The van der Waals surface area contributed by atoms with Gasteiger partial charge < -0.3 is 19.9 Å². The topological polar surface area (TPSA) is 44.8 Å². The van der Waals surface area contributed by atoms with E-state index in [0.717, 1.165) is 51.9 Å². The molecule has 21 heavy (non-hydrogen) atoms. The first-order valence-corrected chi connectivity index (χ1v) is 8.23. The van der Waals surface area contributed by atoms with E-state index in [1.807, 2.05) is 32.8 Å². The number of carbonyl (C=O) groups is 1. The molecule has 122 valence electrons. The van der Waals surface area contributed by atoms with Crippen molar-refractivity contribution in [2.24, 2.45) is 0 Å². The summed E-state index contributed by atoms with van der Waals surface area (Å²) in [5.74, 6) is 0. The summed E-state index contributed by atoms with van der Waals surface area (Å²) in [4.78, 5) is 16.7. The molecular weight excluding hydrogens is 266 g/mol. The summed E-state index contributed by atoms with van der Waals surface area (Å²) < 4.78 is 5.43. The average molecular weight is 297 g/mol. The first kappa shape index (κ1) is 16.6. The monoisotopic (exact) mass is 297 g/mol. The zero-order chi connectivity index (χ0) is 15.5. The van der Waals surface area contributed by atoms with Crippen LogP contribution in [0.2, 0.25) is 0 Å². The molecule has 1 N–H and O–H groups in total. The van der Waals surface area contributed by atoms with Crippen molar-refractivity contribution in [3.05, 3.63) is 0 Å². The number of urea groups is 1. The van der Waals surface area contributed by atoms with Gasteiger partial charge in [-0.05, 0) is 46.5 Å². The van der Waals surface area contributed by atoms with Gasteiger partial charge in [-0.1, -0.05) is 0 Å². The van der Waals surface area contributed by atoms with E-state index in [1.54, 1.807) is 0 Å². The molecular formula is C16H31N3O2. The summed E-state index contributed by atoms with van der Waals surface area (Å²) in [5, 5.41) is 3.05. The minimum absolute atomic E-state index is 0.0824. The summed E-state index contributed by atoms with van der Waals surface area (Å²) in [7, 11) is 1.81. The molecule has 2 fully saturated rings. The van der Waals surface area contributed by atoms with Crippen molar-refractivity contribution in [2.45, 2.75) is 64.1 Å². The Bertz CT molecular complexity index is 338. The van der Waals surface area contributed by atoms with Gasteiger partial charge in [-0.2, -0.15) is 0 Å². The highest BCUT2D eigenvalue weighted by Gasteiger charge is 2.30. The number of rotatable bonds is 2. The van der Waals surface area contributed by atoms with Gasteiger partial charge >= 0.3 is 6.03 Å². The van der Waals surface area contributed by atoms with E-state index in [0.29, 0.717) is 12.1 Å². The number of hydrogen-bond acceptors (Lipinski definition) is 3. The largest absolute Gasteiger partial charge is 0.381 e. The molecule has 0 unspecified atom stereocenters. The average Bonchev–Trinajstić information content (AvgIpc) is 2.46. The first-order valence-electron chi connectivity index (χ1n) is 8.23. The van der Waals surface area contributed by atoms with Crippen molar-refractivity contribution in [3.63, 3.8) is 0 Å². The van der Waals surface area contributed by atoms with E-state index in [4.69, 9.17) is 4.74 Å². The van der Waals surface area contributed by atoms with Gasteiger partial charge in [-0.25, -0.2) is 4.79 Å². The predicted molar refractivity (Wildman–Crippen MR) is 84.5 cm³/mol. The summed E-state index contributed by atoms with van der Waals surface area (Å²) in [6.45, 7) is 10.1. The molecule has 5 nitrogen and oxygen atoms in total. The third kappa shape index (κ3) is 4.85. The maximum Gasteiger partial charge on any atom is 0.317 e. The van der Waals surface area contributed by atoms with Crippen LogP contribution in [0.1, 0.15) is 46.5 Å². The Labute approximate surface area is 129 Å². The Hall–Kier alpha value is -0.810. The SMILES string of the molecule is COC1CCN(C2CCN(C(=O)NC(C)(C)C)CC2)CC1. The molecule has 0 aliphatic carbocycles. The van der Waals surface area contributed by atoms with Crippen LogP contribution in [0, 0.1) is 0 Å². The predicted octanol–water partition coefficient (Wildman–Crippen LogP) is 2.07. The van der Waals surface area contributed by atoms with Crippen LogP contribution in [-0.4, -0.2) is 66.8 Å². The number of methoxy groups -OCH3 is 1. The van der Waals surface area contributed by atoms with Gasteiger partial charge in [-0.15, -0.1) is 0 Å². The Morgan fingerprint density at radius 1 is 1.05 bits per heavy atom. The second kappa shape index (κ2) is 6.97. The Morgan fingerprint density at radius 2 is 1.62 bits per heavy atom. The summed E-state index contributed by atoms with van der Waals surface area (Å²) in [6, 6.07) is 0.723. The first-order chi connectivity index (χ1) is 9.89. The van der Waals surface area contributed by atoms with Crippen molar-refractivity contribution in [2.75, 3.05) is 33.3 Å². The molecule has 2 aliphatic rings. The van der Waals surface area contributed by atoms with Crippen molar-refractivity contribution >= 4 is 6.03 Å². The molecule has 2 rings (SSSR count). The summed E-state index contributed by atoms with van der Waals surface area (Å²) >= 11 is 0. The van der Waals surface area contributed by atoms with E-state index in [1.165, 1.54) is 0 Å². The van der Waals surface area contributed by atoms with E-state index in [2.05, 4.69) is 10.2 Å². The van der Waals surface area contributed by atoms with E-state index in [-0.39, 0.29) is 11.6 Å². The highest BCUT2D eigenvalue weighted by atomic mass is 16.5. The van der Waals surface area contributed by atoms with Gasteiger partial charge in [0.05, 0.1) is 6.10 Å². The minimum Gasteiger partial charge on any atom is -0.381 e. The maximum atomic E-state index is 12.2. The van der Waals surface area contributed by atoms with Crippen LogP contribution in [-0.2, 0) is 4.74 Å². The second-order valence-electron chi connectivity index (χ2n) is 7.37. The van der Waals surface area contributed by atoms with Crippen LogP contribution in [0.15, 0.2) is 0 Å². The fourth-order valence-corrected chi connectivity index (χ4v) is 3.31. The molecule has 5 heteroatoms. The molecule has 0 radical (unpaired) electrons. The van der Waals surface area contributed by atoms with E-state index < -0.39 is 0 Å². The fourth-order valence-electron chi connectivity index (χ4n) is 3.31. The molecule has 0 aromatic rings. The molecule has 2 heterocycles. The number of amides is 2. The third-order valence-electron chi connectivity index (χ3n) is 4.56. The lowest BCUT2D eigenvalue weighted by Crippen LogP contribution is -2.54. The van der Waals surface area contributed by atoms with Crippen molar-refractivity contribution < 1.29 is 9.53 Å². The van der Waals surface area contributed by atoms with Gasteiger partial charge in [-0.3, -0.25) is 0 Å². The number of hydrogen-bond donors (Lipinski definition) is 1. The van der Waals surface area contributed by atoms with Crippen LogP contribution >= 0.6 is 0 Å². The van der Waals surface area contributed by atoms with Gasteiger partial charge in [0.15, 0.2) is 0 Å². The van der Waals surface area contributed by atoms with Crippen LogP contribution in [0.4, 0.5) is 4.79 Å². The van der Waals surface area contributed by atoms with Gasteiger partial charge in [0.2, 0.25) is 0 Å². The Morgan fingerprint density at radius 3 is 2.10 bits per heavy atom. The van der Waals surface area contributed by atoms with Crippen LogP contribution in [0.25, 0.3) is 0 Å². The standard InChI is InChI=1S/C16H31N3O2/c1-16(2,3)17-15(20)19-9-5-13(6-10-19)18-11-7-14(21-4)8-12-18/h13-14H,5-12H2,1-4H3,(H,17,20). The maximum absolute atomic E-state index is 12.2. The number of likely N-dealkylation sites (tertiary alicyclic amines) is 2. The highest BCUT2D eigenvalue weighted by molar-refractivity contribution is 5.75. The Kier molecular flexibility index (Phi) is 5.49. The van der Waals surface area contributed by atoms with Crippen molar-refractivity contribution in [1.29, 1.82) is 0 Å². The molecule has 0 bridgehead atoms. The smallest absolute Gasteiger partial charge is 0.317 e. The van der Waals surface area contributed by atoms with Crippen molar-refractivity contribution in [3.8, 4) is 0 Å². The fraction of sp³-hybridized carbons (Fsp3) is 0.938. The molecule has 2 saturated heterocycles. The summed E-state index contributed by atoms with van der Waals surface area (Å²) in [6.07, 6.45) is 4.91. The zero-order valence-corrected chi connectivity index (χ0v) is 14.0. The lowest BCUT2D eigenvalue weighted by Gasteiger charge is -2.42. The number of piperidine rings is 2. The number of nitrogens with one attached hydrogen (secondary N) is 1. The van der Waals surface area contributed by atoms with E-state index in [9.17, 15) is 4.79 Å². The third-order valence-corrected chi connectivity index (χ3v) is 4.56. The molecule has 0 aromatic carbocycles. The minimum atomic E-state index is -0.157. The lowest BCUT2D eigenvalue weighted by molar-refractivity contribution is 0.0168. The molecule has 2 aliphatic heterocycles. The Balaban J connectivity index is 1.75. The second-order valence-corrected chi connectivity index (χ2v) is 7.37. The quantitative estimate of drug-likeness (QED) is 0.848. The van der Waals surface area contributed by atoms with E-state index >= 15 is 0 Å². The normalized spacial score (nSPS) is 23.3. The summed E-state index contributed by atoms with van der Waals surface area (Å²) in [5.41, 5.74) is -0.157. The molecule has 2 amide bonds. The van der Waals surface area contributed by atoms with Crippen molar-refractivity contribution in [1.82, 2.24) is 15.1 Å². The van der Waals surface area contributed by atoms with Gasteiger partial charge in [0.25, 0.3) is 0 Å². The zero-order valence-electron chi connectivity index (χ0n) is 14.0. The van der Waals surface area contributed by atoms with Gasteiger partial charge in [0, 0.05) is 44.9 Å². The van der Waals surface area contributed by atoms with Crippen LogP contribution < -0.4 is 5.32 Å². The molecule has 0 aromatic heterocycles. The number of nitrogens with zero attached hydrogens (tertiary/aromatic N) is 2. The number of carbonyl (C=O) groups excluding carboxylic acids is 1.